The number of hydrogen-bond acceptors (Lipinski definition) is 2. The first kappa shape index (κ1) is 14.9. The Bertz CT molecular complexity index is 457. The van der Waals surface area contributed by atoms with E-state index in [9.17, 15) is 18.0 Å². The fourth-order valence-electron chi connectivity index (χ4n) is 2.67. The topological polar surface area (TPSA) is 26.3 Å². The summed E-state index contributed by atoms with van der Waals surface area (Å²) < 4.78 is 42.7. The summed E-state index contributed by atoms with van der Waals surface area (Å²) in [5, 5.41) is 0. The third-order valence-electron chi connectivity index (χ3n) is 3.94. The van der Waals surface area contributed by atoms with E-state index in [1.807, 2.05) is 0 Å². The first-order valence-corrected chi connectivity index (χ1v) is 6.67. The normalized spacial score (nSPS) is 23.4. The Morgan fingerprint density at radius 2 is 1.65 bits per heavy atom. The summed E-state index contributed by atoms with van der Waals surface area (Å²) in [6, 6.07) is 6.71. The molecule has 1 saturated carbocycles. The third-order valence-corrected chi connectivity index (χ3v) is 3.94. The number of ether oxygens (including phenoxy) is 1. The van der Waals surface area contributed by atoms with Crippen LogP contribution in [0.2, 0.25) is 0 Å². The number of alkyl halides is 3. The van der Waals surface area contributed by atoms with Gasteiger partial charge in [-0.1, -0.05) is 0 Å². The summed E-state index contributed by atoms with van der Waals surface area (Å²) in [4.78, 5) is 12.2. The molecular weight excluding hydrogens is 269 g/mol. The summed E-state index contributed by atoms with van der Waals surface area (Å²) in [6.45, 7) is 0. The van der Waals surface area contributed by atoms with Gasteiger partial charge in [0.2, 0.25) is 0 Å². The highest BCUT2D eigenvalue weighted by atomic mass is 19.4. The monoisotopic (exact) mass is 286 g/mol. The molecule has 0 aliphatic heterocycles. The van der Waals surface area contributed by atoms with E-state index in [4.69, 9.17) is 4.74 Å². The maximum absolute atomic E-state index is 12.6. The van der Waals surface area contributed by atoms with Gasteiger partial charge in [-0.2, -0.15) is 13.2 Å². The van der Waals surface area contributed by atoms with Crippen molar-refractivity contribution in [1.82, 2.24) is 0 Å². The predicted molar refractivity (Wildman–Crippen MR) is 68.8 cm³/mol. The Kier molecular flexibility index (Phi) is 4.35. The van der Waals surface area contributed by atoms with Gasteiger partial charge in [0.15, 0.2) is 5.78 Å². The molecule has 1 aromatic rings. The molecule has 1 fully saturated rings. The highest BCUT2D eigenvalue weighted by molar-refractivity contribution is 5.98. The molecule has 0 spiro atoms. The van der Waals surface area contributed by atoms with E-state index in [2.05, 4.69) is 0 Å². The number of carbonyl (C=O) groups excluding carboxylic acids is 1. The zero-order valence-corrected chi connectivity index (χ0v) is 11.2. The molecular formula is C15H17F3O2. The number of benzene rings is 1. The summed E-state index contributed by atoms with van der Waals surface area (Å²) in [6.07, 6.45) is -3.40. The minimum atomic E-state index is -4.13. The van der Waals surface area contributed by atoms with Crippen molar-refractivity contribution in [2.75, 3.05) is 7.11 Å². The zero-order valence-electron chi connectivity index (χ0n) is 11.2. The smallest absolute Gasteiger partial charge is 0.391 e. The van der Waals surface area contributed by atoms with Gasteiger partial charge >= 0.3 is 6.18 Å². The summed E-state index contributed by atoms with van der Waals surface area (Å²) >= 11 is 0. The molecule has 1 aliphatic rings. The largest absolute Gasteiger partial charge is 0.497 e. The maximum Gasteiger partial charge on any atom is 0.391 e. The molecule has 0 aromatic heterocycles. The van der Waals surface area contributed by atoms with Crippen molar-refractivity contribution in [3.63, 3.8) is 0 Å². The van der Waals surface area contributed by atoms with Crippen LogP contribution in [0.15, 0.2) is 24.3 Å². The molecule has 0 unspecified atom stereocenters. The fraction of sp³-hybridized carbons (Fsp3) is 0.533. The Hall–Kier alpha value is -1.52. The van der Waals surface area contributed by atoms with Crippen LogP contribution in [0.25, 0.3) is 0 Å². The molecule has 20 heavy (non-hydrogen) atoms. The van der Waals surface area contributed by atoms with Gasteiger partial charge in [-0.05, 0) is 49.9 Å². The van der Waals surface area contributed by atoms with Crippen LogP contribution < -0.4 is 4.74 Å². The number of carbonyl (C=O) groups is 1. The van der Waals surface area contributed by atoms with Gasteiger partial charge in [-0.15, -0.1) is 0 Å². The summed E-state index contributed by atoms with van der Waals surface area (Å²) in [5.41, 5.74) is 0.543. The number of ketones is 1. The summed E-state index contributed by atoms with van der Waals surface area (Å²) in [5.74, 6) is -0.944. The van der Waals surface area contributed by atoms with E-state index in [1.165, 1.54) is 7.11 Å². The lowest BCUT2D eigenvalue weighted by Gasteiger charge is -2.29. The highest BCUT2D eigenvalue weighted by Crippen LogP contribution is 2.40. The van der Waals surface area contributed by atoms with Gasteiger partial charge in [0.1, 0.15) is 5.75 Å². The van der Waals surface area contributed by atoms with Crippen LogP contribution in [-0.4, -0.2) is 19.1 Å². The zero-order chi connectivity index (χ0) is 14.8. The second kappa shape index (κ2) is 5.85. The molecule has 0 bridgehead atoms. The maximum atomic E-state index is 12.6. The van der Waals surface area contributed by atoms with E-state index in [1.54, 1.807) is 24.3 Å². The van der Waals surface area contributed by atoms with Gasteiger partial charge in [0.05, 0.1) is 13.0 Å². The van der Waals surface area contributed by atoms with Crippen molar-refractivity contribution in [3.05, 3.63) is 29.8 Å². The molecule has 5 heteroatoms. The van der Waals surface area contributed by atoms with E-state index >= 15 is 0 Å². The van der Waals surface area contributed by atoms with E-state index in [0.29, 0.717) is 24.2 Å². The first-order chi connectivity index (χ1) is 9.41. The molecule has 110 valence electrons. The highest BCUT2D eigenvalue weighted by Gasteiger charge is 2.42. The molecule has 0 saturated heterocycles. The van der Waals surface area contributed by atoms with Crippen molar-refractivity contribution in [3.8, 4) is 5.75 Å². The molecule has 2 nitrogen and oxygen atoms in total. The number of halogens is 3. The van der Waals surface area contributed by atoms with E-state index in [0.717, 1.165) is 0 Å². The molecule has 2 rings (SSSR count). The Morgan fingerprint density at radius 3 is 2.10 bits per heavy atom. The molecule has 1 aromatic carbocycles. The van der Waals surface area contributed by atoms with Crippen LogP contribution in [0, 0.1) is 11.8 Å². The van der Waals surface area contributed by atoms with Crippen LogP contribution in [0.5, 0.6) is 5.75 Å². The predicted octanol–water partition coefficient (Wildman–Crippen LogP) is 4.25. The van der Waals surface area contributed by atoms with Gasteiger partial charge in [-0.25, -0.2) is 0 Å². The second-order valence-electron chi connectivity index (χ2n) is 5.18. The van der Waals surface area contributed by atoms with E-state index in [-0.39, 0.29) is 24.5 Å². The van der Waals surface area contributed by atoms with Gasteiger partial charge < -0.3 is 4.74 Å². The number of rotatable bonds is 3. The van der Waals surface area contributed by atoms with Crippen molar-refractivity contribution < 1.29 is 22.7 Å². The molecule has 0 atom stereocenters. The molecule has 0 heterocycles. The minimum absolute atomic E-state index is 0.0516. The van der Waals surface area contributed by atoms with Crippen LogP contribution in [0.3, 0.4) is 0 Å². The van der Waals surface area contributed by atoms with Crippen LogP contribution in [0.1, 0.15) is 36.0 Å². The molecule has 0 amide bonds. The number of hydrogen-bond donors (Lipinski definition) is 0. The Morgan fingerprint density at radius 1 is 1.10 bits per heavy atom. The van der Waals surface area contributed by atoms with Crippen molar-refractivity contribution in [1.29, 1.82) is 0 Å². The van der Waals surface area contributed by atoms with E-state index < -0.39 is 12.1 Å². The quantitative estimate of drug-likeness (QED) is 0.777. The van der Waals surface area contributed by atoms with Gasteiger partial charge in [0, 0.05) is 11.5 Å². The Labute approximate surface area is 115 Å². The lowest BCUT2D eigenvalue weighted by molar-refractivity contribution is -0.183. The van der Waals surface area contributed by atoms with Crippen LogP contribution >= 0.6 is 0 Å². The third kappa shape index (κ3) is 3.32. The van der Waals surface area contributed by atoms with Gasteiger partial charge in [0.25, 0.3) is 0 Å². The second-order valence-corrected chi connectivity index (χ2v) is 5.18. The average molecular weight is 286 g/mol. The number of Topliss-reactive ketones (excluding diaryl/α,β-unsaturated/α-hetero) is 1. The molecule has 1 aliphatic carbocycles. The first-order valence-electron chi connectivity index (χ1n) is 6.67. The van der Waals surface area contributed by atoms with Crippen LogP contribution in [-0.2, 0) is 0 Å². The van der Waals surface area contributed by atoms with Crippen molar-refractivity contribution >= 4 is 5.78 Å². The fourth-order valence-corrected chi connectivity index (χ4v) is 2.67. The van der Waals surface area contributed by atoms with Crippen LogP contribution in [0.4, 0.5) is 13.2 Å². The average Bonchev–Trinajstić information content (AvgIpc) is 2.46. The van der Waals surface area contributed by atoms with Crippen molar-refractivity contribution in [2.45, 2.75) is 31.9 Å². The summed E-state index contributed by atoms with van der Waals surface area (Å²) in [7, 11) is 1.54. The number of methoxy groups -OCH3 is 1. The minimum Gasteiger partial charge on any atom is -0.497 e. The van der Waals surface area contributed by atoms with Gasteiger partial charge in [-0.3, -0.25) is 4.79 Å². The molecule has 0 radical (unpaired) electrons. The van der Waals surface area contributed by atoms with Crippen molar-refractivity contribution in [2.24, 2.45) is 11.8 Å². The SMILES string of the molecule is COc1ccc(C(=O)C2CCC(C(F)(F)F)CC2)cc1. The Balaban J connectivity index is 1.97. The lowest BCUT2D eigenvalue weighted by atomic mass is 9.78. The molecule has 0 N–H and O–H groups in total. The standard InChI is InChI=1S/C15H17F3O2/c1-20-13-8-4-11(5-9-13)14(19)10-2-6-12(7-3-10)15(16,17)18/h4-5,8-10,12H,2-3,6-7H2,1H3. The lowest BCUT2D eigenvalue weighted by Crippen LogP contribution is -2.30.